The number of hydrogen-bond donors (Lipinski definition) is 1. The van der Waals surface area contributed by atoms with Crippen LogP contribution in [-0.4, -0.2) is 48.9 Å². The van der Waals surface area contributed by atoms with E-state index in [1.807, 2.05) is 6.92 Å². The van der Waals surface area contributed by atoms with Gasteiger partial charge in [0.2, 0.25) is 0 Å². The number of carbonyl (C=O) groups excluding carboxylic acids is 2. The highest BCUT2D eigenvalue weighted by Gasteiger charge is 2.51. The molecule has 0 radical (unpaired) electrons. The zero-order valence-corrected chi connectivity index (χ0v) is 15.5. The van der Waals surface area contributed by atoms with Crippen molar-refractivity contribution in [1.29, 1.82) is 0 Å². The molecule has 3 aliphatic heterocycles. The summed E-state index contributed by atoms with van der Waals surface area (Å²) in [6, 6.07) is 4.43. The van der Waals surface area contributed by atoms with Crippen molar-refractivity contribution in [3.63, 3.8) is 0 Å². The molecule has 0 aliphatic carbocycles. The molecule has 132 valence electrons. The third-order valence-electron chi connectivity index (χ3n) is 5.50. The van der Waals surface area contributed by atoms with Crippen LogP contribution in [0, 0.1) is 11.7 Å². The van der Waals surface area contributed by atoms with E-state index in [0.29, 0.717) is 16.7 Å². The number of ether oxygens (including phenoxy) is 1. The van der Waals surface area contributed by atoms with Crippen LogP contribution in [0.4, 0.5) is 4.39 Å². The number of likely N-dealkylation sites (N-methyl/N-ethyl adjacent to an activating group) is 1. The zero-order valence-electron chi connectivity index (χ0n) is 13.9. The summed E-state index contributed by atoms with van der Waals surface area (Å²) in [4.78, 5) is 27.2. The first kappa shape index (κ1) is 16.7. The summed E-state index contributed by atoms with van der Waals surface area (Å²) in [5.41, 5.74) is 2.23. The second kappa shape index (κ2) is 5.92. The summed E-state index contributed by atoms with van der Waals surface area (Å²) in [6.45, 7) is 2.41. The number of Topliss-reactive ketones (excluding diaryl/α,β-unsaturated/α-hetero) is 1. The predicted octanol–water partition coefficient (Wildman–Crippen LogP) is 1.97. The SMILES string of the molecule is C[C@H]1C2=C(C(=O)N1C)[C@H](c1ccc(F)c(Br)c1)C1C(=O)COCC1N2. The Bertz CT molecular complexity index is 810. The maximum Gasteiger partial charge on any atom is 0.252 e. The van der Waals surface area contributed by atoms with Gasteiger partial charge in [-0.15, -0.1) is 0 Å². The molecule has 5 nitrogen and oxygen atoms in total. The van der Waals surface area contributed by atoms with Gasteiger partial charge in [0.15, 0.2) is 5.78 Å². The number of amides is 1. The van der Waals surface area contributed by atoms with Gasteiger partial charge in [0, 0.05) is 24.2 Å². The molecule has 25 heavy (non-hydrogen) atoms. The average Bonchev–Trinajstić information content (AvgIpc) is 2.80. The monoisotopic (exact) mass is 408 g/mol. The number of ketones is 1. The van der Waals surface area contributed by atoms with Gasteiger partial charge in [0.05, 0.1) is 29.1 Å². The van der Waals surface area contributed by atoms with E-state index in [2.05, 4.69) is 21.2 Å². The highest BCUT2D eigenvalue weighted by Crippen LogP contribution is 2.45. The van der Waals surface area contributed by atoms with E-state index in [1.165, 1.54) is 6.07 Å². The Labute approximate surface area is 153 Å². The highest BCUT2D eigenvalue weighted by atomic mass is 79.9. The molecular formula is C18H18BrFN2O3. The smallest absolute Gasteiger partial charge is 0.252 e. The van der Waals surface area contributed by atoms with E-state index in [1.54, 1.807) is 24.1 Å². The fourth-order valence-corrected chi connectivity index (χ4v) is 4.51. The summed E-state index contributed by atoms with van der Waals surface area (Å²) >= 11 is 3.22. The molecule has 1 saturated heterocycles. The molecule has 1 amide bonds. The van der Waals surface area contributed by atoms with Crippen molar-refractivity contribution in [3.8, 4) is 0 Å². The number of nitrogens with one attached hydrogen (secondary N) is 1. The molecule has 3 heterocycles. The molecule has 3 aliphatic rings. The van der Waals surface area contributed by atoms with Crippen LogP contribution in [0.15, 0.2) is 33.9 Å². The summed E-state index contributed by atoms with van der Waals surface area (Å²) < 4.78 is 19.5. The van der Waals surface area contributed by atoms with E-state index >= 15 is 0 Å². The normalized spacial score (nSPS) is 31.8. The lowest BCUT2D eigenvalue weighted by molar-refractivity contribution is -0.135. The molecule has 0 spiro atoms. The number of nitrogens with zero attached hydrogens (tertiary/aromatic N) is 1. The Hall–Kier alpha value is -1.73. The molecule has 1 N–H and O–H groups in total. The third-order valence-corrected chi connectivity index (χ3v) is 6.11. The summed E-state index contributed by atoms with van der Waals surface area (Å²) in [7, 11) is 1.76. The summed E-state index contributed by atoms with van der Waals surface area (Å²) in [6.07, 6.45) is 0. The van der Waals surface area contributed by atoms with Crippen molar-refractivity contribution >= 4 is 27.6 Å². The van der Waals surface area contributed by atoms with Crippen LogP contribution in [0.25, 0.3) is 0 Å². The Kier molecular flexibility index (Phi) is 3.96. The molecule has 1 aromatic carbocycles. The average molecular weight is 409 g/mol. The number of fused-ring (bicyclic) bond motifs is 1. The van der Waals surface area contributed by atoms with Crippen LogP contribution in [0.3, 0.4) is 0 Å². The van der Waals surface area contributed by atoms with E-state index in [9.17, 15) is 14.0 Å². The molecule has 1 fully saturated rings. The van der Waals surface area contributed by atoms with Gasteiger partial charge in [-0.1, -0.05) is 6.07 Å². The van der Waals surface area contributed by atoms with Crippen molar-refractivity contribution in [2.75, 3.05) is 20.3 Å². The Balaban J connectivity index is 1.90. The van der Waals surface area contributed by atoms with Crippen LogP contribution in [-0.2, 0) is 14.3 Å². The van der Waals surface area contributed by atoms with Crippen molar-refractivity contribution in [3.05, 3.63) is 45.3 Å². The van der Waals surface area contributed by atoms with Gasteiger partial charge in [-0.3, -0.25) is 9.59 Å². The van der Waals surface area contributed by atoms with Gasteiger partial charge in [-0.05, 0) is 40.5 Å². The summed E-state index contributed by atoms with van der Waals surface area (Å²) in [5.74, 6) is -1.28. The number of hydrogen-bond acceptors (Lipinski definition) is 4. The van der Waals surface area contributed by atoms with Crippen molar-refractivity contribution in [2.24, 2.45) is 5.92 Å². The van der Waals surface area contributed by atoms with Gasteiger partial charge in [0.25, 0.3) is 5.91 Å². The van der Waals surface area contributed by atoms with Gasteiger partial charge < -0.3 is 15.0 Å². The van der Waals surface area contributed by atoms with Gasteiger partial charge in [-0.2, -0.15) is 0 Å². The largest absolute Gasteiger partial charge is 0.380 e. The zero-order chi connectivity index (χ0) is 17.9. The third kappa shape index (κ3) is 2.44. The molecule has 1 aromatic rings. The number of benzene rings is 1. The second-order valence-corrected chi connectivity index (χ2v) is 7.68. The fourth-order valence-electron chi connectivity index (χ4n) is 4.12. The summed E-state index contributed by atoms with van der Waals surface area (Å²) in [5, 5.41) is 3.37. The molecule has 0 bridgehead atoms. The first-order chi connectivity index (χ1) is 11.9. The number of rotatable bonds is 1. The Morgan fingerprint density at radius 2 is 2.12 bits per heavy atom. The fraction of sp³-hybridized carbons (Fsp3) is 0.444. The molecule has 2 unspecified atom stereocenters. The van der Waals surface area contributed by atoms with E-state index in [0.717, 1.165) is 11.3 Å². The first-order valence-corrected chi connectivity index (χ1v) is 9.02. The van der Waals surface area contributed by atoms with Crippen molar-refractivity contribution < 1.29 is 18.7 Å². The minimum Gasteiger partial charge on any atom is -0.380 e. The number of carbonyl (C=O) groups is 2. The Morgan fingerprint density at radius 3 is 2.84 bits per heavy atom. The highest BCUT2D eigenvalue weighted by molar-refractivity contribution is 9.10. The quantitative estimate of drug-likeness (QED) is 0.771. The Morgan fingerprint density at radius 1 is 1.36 bits per heavy atom. The van der Waals surface area contributed by atoms with Crippen molar-refractivity contribution in [1.82, 2.24) is 10.2 Å². The lowest BCUT2D eigenvalue weighted by Gasteiger charge is -2.41. The maximum absolute atomic E-state index is 13.7. The molecule has 0 saturated carbocycles. The van der Waals surface area contributed by atoms with Crippen LogP contribution >= 0.6 is 15.9 Å². The van der Waals surface area contributed by atoms with E-state index in [-0.39, 0.29) is 36.2 Å². The lowest BCUT2D eigenvalue weighted by Crippen LogP contribution is -2.54. The molecule has 4 rings (SSSR count). The maximum atomic E-state index is 13.7. The van der Waals surface area contributed by atoms with E-state index < -0.39 is 11.8 Å². The van der Waals surface area contributed by atoms with Gasteiger partial charge in [-0.25, -0.2) is 4.39 Å². The van der Waals surface area contributed by atoms with Gasteiger partial charge >= 0.3 is 0 Å². The van der Waals surface area contributed by atoms with Crippen LogP contribution in [0.1, 0.15) is 18.4 Å². The minimum absolute atomic E-state index is 0.0317. The predicted molar refractivity (Wildman–Crippen MR) is 92.3 cm³/mol. The minimum atomic E-state index is -0.396. The standard InChI is InChI=1S/C18H18BrFN2O3/c1-8-17-16(18(24)22(8)2)14(9-3-4-11(20)10(19)5-9)15-12(21-17)6-25-7-13(15)23/h3-5,8,12,14-15,21H,6-7H2,1-2H3/t8-,12?,14+,15?/m0/s1. The van der Waals surface area contributed by atoms with E-state index in [4.69, 9.17) is 4.74 Å². The molecule has 7 heteroatoms. The molecule has 4 atom stereocenters. The molecular weight excluding hydrogens is 391 g/mol. The lowest BCUT2D eigenvalue weighted by atomic mass is 9.71. The second-order valence-electron chi connectivity index (χ2n) is 6.83. The topological polar surface area (TPSA) is 58.6 Å². The van der Waals surface area contributed by atoms with Crippen LogP contribution in [0.5, 0.6) is 0 Å². The van der Waals surface area contributed by atoms with Gasteiger partial charge in [0.1, 0.15) is 12.4 Å². The number of halogens is 2. The van der Waals surface area contributed by atoms with Crippen LogP contribution < -0.4 is 5.32 Å². The molecule has 0 aromatic heterocycles. The van der Waals surface area contributed by atoms with Crippen LogP contribution in [0.2, 0.25) is 0 Å². The first-order valence-electron chi connectivity index (χ1n) is 8.23. The van der Waals surface area contributed by atoms with Crippen molar-refractivity contribution in [2.45, 2.75) is 24.9 Å².